The van der Waals surface area contributed by atoms with Gasteiger partial charge in [0, 0.05) is 30.8 Å². The number of sulfonamides is 1. The maximum Gasteiger partial charge on any atom is 0.261 e. The molecule has 0 amide bonds. The lowest BCUT2D eigenvalue weighted by Gasteiger charge is -2.38. The quantitative estimate of drug-likeness (QED) is 0.145. The molecule has 1 aliphatic rings. The van der Waals surface area contributed by atoms with Gasteiger partial charge in [-0.2, -0.15) is 0 Å². The molecule has 7 nitrogen and oxygen atoms in total. The zero-order valence-corrected chi connectivity index (χ0v) is 27.5. The van der Waals surface area contributed by atoms with Gasteiger partial charge in [-0.05, 0) is 75.6 Å². The first-order valence-electron chi connectivity index (χ1n) is 16.1. The molecule has 0 spiro atoms. The Labute approximate surface area is 281 Å². The van der Waals surface area contributed by atoms with Gasteiger partial charge in [0.05, 0.1) is 23.7 Å². The summed E-state index contributed by atoms with van der Waals surface area (Å²) in [6, 6.07) is 42.6. The van der Waals surface area contributed by atoms with Gasteiger partial charge in [0.25, 0.3) is 10.0 Å². The normalized spacial score (nSPS) is 18.4. The minimum absolute atomic E-state index is 0.0283. The fraction of sp³-hybridized carbons (Fsp3) is 0.200. The number of fused-ring (bicyclic) bond motifs is 2. The number of benzene rings is 6. The van der Waals surface area contributed by atoms with E-state index >= 15 is 0 Å². The van der Waals surface area contributed by atoms with Gasteiger partial charge in [-0.1, -0.05) is 103 Å². The topological polar surface area (TPSA) is 88.1 Å². The van der Waals surface area contributed by atoms with Crippen molar-refractivity contribution in [3.05, 3.63) is 156 Å². The number of anilines is 1. The number of nitrogens with zero attached hydrogens (tertiary/aromatic N) is 1. The lowest BCUT2D eigenvalue weighted by atomic mass is 9.96. The fourth-order valence-corrected chi connectivity index (χ4v) is 7.63. The molecule has 0 bridgehead atoms. The molecule has 0 saturated carbocycles. The number of aliphatic hydroxyl groups is 1. The van der Waals surface area contributed by atoms with Crippen molar-refractivity contribution < 1.29 is 23.0 Å². The zero-order chi connectivity index (χ0) is 33.1. The highest BCUT2D eigenvalue weighted by molar-refractivity contribution is 7.92. The zero-order valence-electron chi connectivity index (χ0n) is 26.7. The van der Waals surface area contributed by atoms with Gasteiger partial charge in [-0.15, -0.1) is 0 Å². The number of rotatable bonds is 10. The van der Waals surface area contributed by atoms with Crippen LogP contribution in [0.25, 0.3) is 21.5 Å². The van der Waals surface area contributed by atoms with Gasteiger partial charge in [0.1, 0.15) is 0 Å². The Morgan fingerprint density at radius 1 is 0.750 bits per heavy atom. The van der Waals surface area contributed by atoms with Crippen molar-refractivity contribution >= 4 is 37.3 Å². The van der Waals surface area contributed by atoms with Crippen LogP contribution in [-0.4, -0.2) is 38.1 Å². The Bertz CT molecular complexity index is 2080. The van der Waals surface area contributed by atoms with E-state index in [1.54, 1.807) is 48.5 Å². The summed E-state index contributed by atoms with van der Waals surface area (Å²) in [7, 11) is -1.65. The van der Waals surface area contributed by atoms with Crippen molar-refractivity contribution in [3.8, 4) is 0 Å². The first-order chi connectivity index (χ1) is 23.4. The van der Waals surface area contributed by atoms with E-state index in [0.717, 1.165) is 17.7 Å². The summed E-state index contributed by atoms with van der Waals surface area (Å²) >= 11 is 0. The minimum atomic E-state index is -3.77. The summed E-state index contributed by atoms with van der Waals surface area (Å²) in [6.07, 6.45) is -0.532. The van der Waals surface area contributed by atoms with E-state index in [4.69, 9.17) is 9.47 Å². The molecule has 1 heterocycles. The molecular formula is C40H38N2O5S. The standard InChI is InChI=1S/C40H38N2O5S/c1-42(26-38-36-16-7-5-10-30(36)22-31-11-6-8-17-37(31)38)25-34-24-39(29-20-18-28(27-43)19-21-29)47-40(46-34)32-12-9-13-33(23-32)41-48(44,45)35-14-3-2-4-15-35/h2-23,34,39-41,43H,24-27H2,1H3. The Morgan fingerprint density at radius 2 is 1.42 bits per heavy atom. The number of aliphatic hydroxyl groups excluding tert-OH is 1. The van der Waals surface area contributed by atoms with Gasteiger partial charge in [-0.3, -0.25) is 9.62 Å². The molecule has 3 unspecified atom stereocenters. The molecule has 6 aromatic carbocycles. The average molecular weight is 659 g/mol. The van der Waals surface area contributed by atoms with E-state index in [1.165, 1.54) is 27.1 Å². The van der Waals surface area contributed by atoms with Gasteiger partial charge in [0.2, 0.25) is 0 Å². The molecular weight excluding hydrogens is 621 g/mol. The highest BCUT2D eigenvalue weighted by atomic mass is 32.2. The predicted molar refractivity (Wildman–Crippen MR) is 190 cm³/mol. The molecule has 0 aromatic heterocycles. The lowest BCUT2D eigenvalue weighted by molar-refractivity contribution is -0.252. The minimum Gasteiger partial charge on any atom is -0.392 e. The number of nitrogens with one attached hydrogen (secondary N) is 1. The monoisotopic (exact) mass is 658 g/mol. The number of hydrogen-bond donors (Lipinski definition) is 2. The number of ether oxygens (including phenoxy) is 2. The van der Waals surface area contributed by atoms with Crippen LogP contribution in [-0.2, 0) is 32.6 Å². The maximum atomic E-state index is 13.1. The highest BCUT2D eigenvalue weighted by Crippen LogP contribution is 2.39. The summed E-state index contributed by atoms with van der Waals surface area (Å²) in [5, 5.41) is 14.5. The van der Waals surface area contributed by atoms with Crippen LogP contribution in [0.4, 0.5) is 5.69 Å². The van der Waals surface area contributed by atoms with Crippen molar-refractivity contribution in [1.29, 1.82) is 0 Å². The summed E-state index contributed by atoms with van der Waals surface area (Å²) in [4.78, 5) is 2.49. The molecule has 244 valence electrons. The second kappa shape index (κ2) is 13.9. The molecule has 3 atom stereocenters. The molecule has 6 aromatic rings. The summed E-state index contributed by atoms with van der Waals surface area (Å²) in [5.74, 6) is 0. The molecule has 2 N–H and O–H groups in total. The van der Waals surface area contributed by atoms with Gasteiger partial charge in [-0.25, -0.2) is 8.42 Å². The summed E-state index contributed by atoms with van der Waals surface area (Å²) in [6.45, 7) is 1.36. The summed E-state index contributed by atoms with van der Waals surface area (Å²) < 4.78 is 42.0. The van der Waals surface area contributed by atoms with Crippen LogP contribution in [0.1, 0.15) is 41.1 Å². The maximum absolute atomic E-state index is 13.1. The Morgan fingerprint density at radius 3 is 2.10 bits per heavy atom. The Kier molecular flexibility index (Phi) is 9.26. The lowest BCUT2D eigenvalue weighted by Crippen LogP contribution is -2.37. The van der Waals surface area contributed by atoms with Crippen LogP contribution in [0.2, 0.25) is 0 Å². The molecule has 1 fully saturated rings. The van der Waals surface area contributed by atoms with E-state index in [-0.39, 0.29) is 23.7 Å². The largest absolute Gasteiger partial charge is 0.392 e. The van der Waals surface area contributed by atoms with Gasteiger partial charge in [0.15, 0.2) is 6.29 Å². The van der Waals surface area contributed by atoms with Crippen LogP contribution in [0.5, 0.6) is 0 Å². The highest BCUT2D eigenvalue weighted by Gasteiger charge is 2.33. The number of hydrogen-bond acceptors (Lipinski definition) is 6. The van der Waals surface area contributed by atoms with E-state index < -0.39 is 16.3 Å². The van der Waals surface area contributed by atoms with Gasteiger partial charge < -0.3 is 14.6 Å². The van der Waals surface area contributed by atoms with Crippen molar-refractivity contribution in [1.82, 2.24) is 4.90 Å². The summed E-state index contributed by atoms with van der Waals surface area (Å²) in [5.41, 5.74) is 4.25. The van der Waals surface area contributed by atoms with Crippen LogP contribution < -0.4 is 4.72 Å². The molecule has 1 aliphatic heterocycles. The fourth-order valence-electron chi connectivity index (χ4n) is 6.56. The molecule has 7 rings (SSSR count). The van der Waals surface area contributed by atoms with Crippen molar-refractivity contribution in [2.75, 3.05) is 18.3 Å². The van der Waals surface area contributed by atoms with E-state index in [2.05, 4.69) is 71.3 Å². The van der Waals surface area contributed by atoms with Crippen molar-refractivity contribution in [2.45, 2.75) is 43.0 Å². The van der Waals surface area contributed by atoms with Gasteiger partial charge >= 0.3 is 0 Å². The van der Waals surface area contributed by atoms with E-state index in [0.29, 0.717) is 24.2 Å². The third-order valence-electron chi connectivity index (χ3n) is 8.91. The van der Waals surface area contributed by atoms with E-state index in [1.807, 2.05) is 30.3 Å². The Balaban J connectivity index is 1.16. The first-order valence-corrected chi connectivity index (χ1v) is 17.6. The first kappa shape index (κ1) is 32.0. The van der Waals surface area contributed by atoms with E-state index in [9.17, 15) is 13.5 Å². The van der Waals surface area contributed by atoms with Crippen molar-refractivity contribution in [3.63, 3.8) is 0 Å². The molecule has 0 aliphatic carbocycles. The Hall–Kier alpha value is -4.57. The molecule has 48 heavy (non-hydrogen) atoms. The van der Waals surface area contributed by atoms with Crippen LogP contribution in [0.15, 0.2) is 138 Å². The predicted octanol–water partition coefficient (Wildman–Crippen LogP) is 7.96. The second-order valence-corrected chi connectivity index (χ2v) is 14.1. The SMILES string of the molecule is CN(Cc1c2ccccc2cc2ccccc12)CC1CC(c2ccc(CO)cc2)OC(c2cccc(NS(=O)(=O)c3ccccc3)c2)O1. The molecule has 1 saturated heterocycles. The number of likely N-dealkylation sites (N-methyl/N-ethyl adjacent to an activating group) is 1. The molecule has 0 radical (unpaired) electrons. The van der Waals surface area contributed by atoms with Crippen LogP contribution in [0, 0.1) is 0 Å². The van der Waals surface area contributed by atoms with Crippen molar-refractivity contribution in [2.24, 2.45) is 0 Å². The van der Waals surface area contributed by atoms with Crippen LogP contribution >= 0.6 is 0 Å². The smallest absolute Gasteiger partial charge is 0.261 e. The third-order valence-corrected chi connectivity index (χ3v) is 10.3. The second-order valence-electron chi connectivity index (χ2n) is 12.4. The van der Waals surface area contributed by atoms with Crippen LogP contribution in [0.3, 0.4) is 0 Å². The average Bonchev–Trinajstić information content (AvgIpc) is 3.11. The third kappa shape index (κ3) is 6.99. The molecule has 8 heteroatoms.